The van der Waals surface area contributed by atoms with E-state index in [9.17, 15) is 4.79 Å². The van der Waals surface area contributed by atoms with Gasteiger partial charge in [-0.1, -0.05) is 11.6 Å². The molecule has 4 rings (SSSR count). The second-order valence-corrected chi connectivity index (χ2v) is 6.83. The lowest BCUT2D eigenvalue weighted by Gasteiger charge is -2.29. The summed E-state index contributed by atoms with van der Waals surface area (Å²) < 4.78 is 2.00. The van der Waals surface area contributed by atoms with Crippen LogP contribution in [-0.4, -0.2) is 58.9 Å². The van der Waals surface area contributed by atoms with Gasteiger partial charge in [0.25, 0.3) is 0 Å². The summed E-state index contributed by atoms with van der Waals surface area (Å²) in [6, 6.07) is 7.48. The maximum absolute atomic E-state index is 11.2. The highest BCUT2D eigenvalue weighted by Crippen LogP contribution is 2.29. The van der Waals surface area contributed by atoms with Crippen molar-refractivity contribution in [1.82, 2.24) is 34.7 Å². The number of likely N-dealkylation sites (tertiary alicyclic amines) is 1. The van der Waals surface area contributed by atoms with Gasteiger partial charge in [0.15, 0.2) is 5.82 Å². The molecule has 2 aromatic heterocycles. The fraction of sp³-hybridized carbons (Fsp3) is 0.353. The van der Waals surface area contributed by atoms with Gasteiger partial charge in [-0.3, -0.25) is 4.57 Å². The van der Waals surface area contributed by atoms with E-state index in [0.29, 0.717) is 43.3 Å². The summed E-state index contributed by atoms with van der Waals surface area (Å²) >= 11 is 6.04. The summed E-state index contributed by atoms with van der Waals surface area (Å²) in [6.45, 7) is 1.36. The monoisotopic (exact) mass is 387 g/mol. The molecule has 1 amide bonds. The molecule has 3 heterocycles. The molecule has 0 radical (unpaired) electrons. The lowest BCUT2D eigenvalue weighted by atomic mass is 9.96. The standard InChI is InChI=1S/C17H18ClN7O2/c18-13-1-3-14(4-2-13)25-15(11-24-19-7-8-20-24)21-22-16(25)12-5-9-23(10-6-12)17(26)27/h1-4,7-8,12H,5-6,9-11H2,(H,26,27). The van der Waals surface area contributed by atoms with E-state index in [1.165, 1.54) is 4.90 Å². The summed E-state index contributed by atoms with van der Waals surface area (Å²) in [6.07, 6.45) is 3.77. The maximum atomic E-state index is 11.2. The Hall–Kier alpha value is -2.94. The highest BCUT2D eigenvalue weighted by Gasteiger charge is 2.28. The zero-order valence-electron chi connectivity index (χ0n) is 14.4. The van der Waals surface area contributed by atoms with Gasteiger partial charge in [-0.2, -0.15) is 15.0 Å². The van der Waals surface area contributed by atoms with Crippen LogP contribution in [0.2, 0.25) is 5.02 Å². The van der Waals surface area contributed by atoms with E-state index in [-0.39, 0.29) is 5.92 Å². The first-order valence-electron chi connectivity index (χ1n) is 8.64. The molecule has 0 spiro atoms. The third kappa shape index (κ3) is 3.63. The minimum Gasteiger partial charge on any atom is -0.465 e. The molecule has 0 unspecified atom stereocenters. The van der Waals surface area contributed by atoms with Crippen molar-refractivity contribution >= 4 is 17.7 Å². The first kappa shape index (κ1) is 17.5. The number of piperidine rings is 1. The van der Waals surface area contributed by atoms with Gasteiger partial charge < -0.3 is 10.0 Å². The summed E-state index contributed by atoms with van der Waals surface area (Å²) in [5, 5.41) is 26.9. The second kappa shape index (κ2) is 7.36. The Labute approximate surface area is 160 Å². The summed E-state index contributed by atoms with van der Waals surface area (Å²) in [4.78, 5) is 14.2. The SMILES string of the molecule is O=C(O)N1CCC(c2nnc(Cn3nccn3)n2-c2ccc(Cl)cc2)CC1. The largest absolute Gasteiger partial charge is 0.465 e. The quantitative estimate of drug-likeness (QED) is 0.737. The molecule has 1 fully saturated rings. The molecule has 0 atom stereocenters. The Balaban J connectivity index is 1.68. The molecule has 1 aliphatic rings. The van der Waals surface area contributed by atoms with Gasteiger partial charge in [-0.05, 0) is 37.1 Å². The molecule has 9 nitrogen and oxygen atoms in total. The number of amides is 1. The molecule has 0 bridgehead atoms. The summed E-state index contributed by atoms with van der Waals surface area (Å²) in [5.41, 5.74) is 0.905. The lowest BCUT2D eigenvalue weighted by Crippen LogP contribution is -2.37. The van der Waals surface area contributed by atoms with Gasteiger partial charge in [-0.15, -0.1) is 10.2 Å². The van der Waals surface area contributed by atoms with Crippen molar-refractivity contribution < 1.29 is 9.90 Å². The third-order valence-corrected chi connectivity index (χ3v) is 4.97. The van der Waals surface area contributed by atoms with Crippen molar-refractivity contribution in [3.8, 4) is 5.69 Å². The summed E-state index contributed by atoms with van der Waals surface area (Å²) in [5.74, 6) is 1.66. The lowest BCUT2D eigenvalue weighted by molar-refractivity contribution is 0.131. The zero-order chi connectivity index (χ0) is 18.8. The maximum Gasteiger partial charge on any atom is 0.407 e. The van der Waals surface area contributed by atoms with E-state index in [1.807, 2.05) is 28.8 Å². The molecule has 1 aromatic carbocycles. The van der Waals surface area contributed by atoms with Crippen LogP contribution in [0.15, 0.2) is 36.7 Å². The Bertz CT molecular complexity index is 915. The Kier molecular flexibility index (Phi) is 4.76. The Morgan fingerprint density at radius 1 is 1.11 bits per heavy atom. The normalized spacial score (nSPS) is 15.2. The van der Waals surface area contributed by atoms with E-state index in [2.05, 4.69) is 20.4 Å². The van der Waals surface area contributed by atoms with E-state index in [0.717, 1.165) is 11.5 Å². The molecule has 27 heavy (non-hydrogen) atoms. The fourth-order valence-electron chi connectivity index (χ4n) is 3.35. The van der Waals surface area contributed by atoms with Crippen LogP contribution in [-0.2, 0) is 6.54 Å². The minimum absolute atomic E-state index is 0.128. The number of benzene rings is 1. The fourth-order valence-corrected chi connectivity index (χ4v) is 3.48. The number of hydrogen-bond donors (Lipinski definition) is 1. The minimum atomic E-state index is -0.877. The average Bonchev–Trinajstić information content (AvgIpc) is 3.33. The van der Waals surface area contributed by atoms with Crippen molar-refractivity contribution in [1.29, 1.82) is 0 Å². The van der Waals surface area contributed by atoms with Crippen LogP contribution < -0.4 is 0 Å². The first-order valence-corrected chi connectivity index (χ1v) is 9.01. The van der Waals surface area contributed by atoms with Crippen LogP contribution in [0.5, 0.6) is 0 Å². The number of carbonyl (C=O) groups is 1. The number of aromatic nitrogens is 6. The van der Waals surface area contributed by atoms with Gasteiger partial charge in [0, 0.05) is 29.7 Å². The molecule has 10 heteroatoms. The van der Waals surface area contributed by atoms with Crippen LogP contribution in [0, 0.1) is 0 Å². The smallest absolute Gasteiger partial charge is 0.407 e. The zero-order valence-corrected chi connectivity index (χ0v) is 15.2. The highest BCUT2D eigenvalue weighted by atomic mass is 35.5. The molecule has 0 saturated carbocycles. The molecule has 3 aromatic rings. The van der Waals surface area contributed by atoms with E-state index < -0.39 is 6.09 Å². The molecular weight excluding hydrogens is 370 g/mol. The average molecular weight is 388 g/mol. The molecular formula is C17H18ClN7O2. The van der Waals surface area contributed by atoms with Crippen LogP contribution >= 0.6 is 11.6 Å². The predicted octanol–water partition coefficient (Wildman–Crippen LogP) is 2.42. The van der Waals surface area contributed by atoms with Crippen LogP contribution in [0.25, 0.3) is 5.69 Å². The van der Waals surface area contributed by atoms with Crippen molar-refractivity contribution in [2.45, 2.75) is 25.3 Å². The number of halogens is 1. The van der Waals surface area contributed by atoms with Crippen LogP contribution in [0.4, 0.5) is 4.79 Å². The number of hydrogen-bond acceptors (Lipinski definition) is 5. The molecule has 1 N–H and O–H groups in total. The van der Waals surface area contributed by atoms with Crippen LogP contribution in [0.1, 0.15) is 30.4 Å². The van der Waals surface area contributed by atoms with Gasteiger partial charge in [0.05, 0.1) is 12.4 Å². The molecule has 0 aliphatic carbocycles. The van der Waals surface area contributed by atoms with Crippen molar-refractivity contribution in [3.63, 3.8) is 0 Å². The molecule has 1 aliphatic heterocycles. The number of rotatable bonds is 4. The van der Waals surface area contributed by atoms with Gasteiger partial charge in [0.1, 0.15) is 12.4 Å². The van der Waals surface area contributed by atoms with E-state index in [4.69, 9.17) is 16.7 Å². The van der Waals surface area contributed by atoms with Crippen molar-refractivity contribution in [2.75, 3.05) is 13.1 Å². The van der Waals surface area contributed by atoms with E-state index >= 15 is 0 Å². The first-order chi connectivity index (χ1) is 13.1. The number of nitrogens with zero attached hydrogens (tertiary/aromatic N) is 7. The highest BCUT2D eigenvalue weighted by molar-refractivity contribution is 6.30. The van der Waals surface area contributed by atoms with Gasteiger partial charge in [-0.25, -0.2) is 4.79 Å². The number of carboxylic acid groups (broad SMARTS) is 1. The predicted molar refractivity (Wildman–Crippen MR) is 97.1 cm³/mol. The second-order valence-electron chi connectivity index (χ2n) is 6.39. The van der Waals surface area contributed by atoms with Gasteiger partial charge in [0.2, 0.25) is 0 Å². The third-order valence-electron chi connectivity index (χ3n) is 4.72. The van der Waals surface area contributed by atoms with Gasteiger partial charge >= 0.3 is 6.09 Å². The summed E-state index contributed by atoms with van der Waals surface area (Å²) in [7, 11) is 0. The van der Waals surface area contributed by atoms with Crippen LogP contribution in [0.3, 0.4) is 0 Å². The van der Waals surface area contributed by atoms with E-state index in [1.54, 1.807) is 17.2 Å². The molecule has 1 saturated heterocycles. The molecule has 140 valence electrons. The topological polar surface area (TPSA) is 102 Å². The van der Waals surface area contributed by atoms with Crippen molar-refractivity contribution in [2.24, 2.45) is 0 Å². The Morgan fingerprint density at radius 3 is 2.41 bits per heavy atom. The van der Waals surface area contributed by atoms with Crippen molar-refractivity contribution in [3.05, 3.63) is 53.3 Å². The Morgan fingerprint density at radius 2 is 1.78 bits per heavy atom.